The maximum absolute atomic E-state index is 13.2. The predicted octanol–water partition coefficient (Wildman–Crippen LogP) is 2.69. The van der Waals surface area contributed by atoms with Gasteiger partial charge in [0.15, 0.2) is 6.10 Å². The number of likely N-dealkylation sites (tertiary alicyclic amines) is 2. The molecule has 4 rings (SSSR count). The van der Waals surface area contributed by atoms with E-state index in [1.807, 2.05) is 31.2 Å². The molecule has 0 aliphatic carbocycles. The molecule has 2 aliphatic rings. The van der Waals surface area contributed by atoms with Crippen LogP contribution in [0, 0.1) is 0 Å². The van der Waals surface area contributed by atoms with Crippen molar-refractivity contribution in [2.75, 3.05) is 26.2 Å². The minimum absolute atomic E-state index is 0.0964. The second kappa shape index (κ2) is 10.0. The molecule has 2 aliphatic heterocycles. The van der Waals surface area contributed by atoms with E-state index in [0.29, 0.717) is 11.8 Å². The molecule has 0 saturated carbocycles. The van der Waals surface area contributed by atoms with Crippen LogP contribution in [0.1, 0.15) is 51.9 Å². The number of rotatable bonds is 6. The minimum atomic E-state index is -0.506. The molecule has 0 bridgehead atoms. The highest BCUT2D eigenvalue weighted by molar-refractivity contribution is 5.81. The van der Waals surface area contributed by atoms with Gasteiger partial charge in [-0.05, 0) is 86.8 Å². The van der Waals surface area contributed by atoms with Crippen molar-refractivity contribution in [3.05, 3.63) is 30.6 Å². The van der Waals surface area contributed by atoms with Crippen LogP contribution in [0.5, 0.6) is 5.75 Å². The molecule has 1 aromatic heterocycles. The van der Waals surface area contributed by atoms with Gasteiger partial charge < -0.3 is 14.5 Å². The lowest BCUT2D eigenvalue weighted by Crippen LogP contribution is -2.53. The lowest BCUT2D eigenvalue weighted by Gasteiger charge is -2.39. The largest absolute Gasteiger partial charge is 0.481 e. The predicted molar refractivity (Wildman–Crippen MR) is 114 cm³/mol. The van der Waals surface area contributed by atoms with Gasteiger partial charge in [-0.15, -0.1) is 5.10 Å². The van der Waals surface area contributed by atoms with Crippen molar-refractivity contribution in [1.29, 1.82) is 0 Å². The summed E-state index contributed by atoms with van der Waals surface area (Å²) < 4.78 is 7.58. The second-order valence-electron chi connectivity index (χ2n) is 8.40. The molecule has 2 aromatic rings. The summed E-state index contributed by atoms with van der Waals surface area (Å²) in [6.45, 7) is 6.02. The Morgan fingerprint density at radius 2 is 1.80 bits per heavy atom. The monoisotopic (exact) mass is 412 g/mol. The number of hydrogen-bond donors (Lipinski definition) is 0. The molecule has 2 atom stereocenters. The summed E-state index contributed by atoms with van der Waals surface area (Å²) in [6.07, 6.45) is 9.64. The summed E-state index contributed by atoms with van der Waals surface area (Å²) in [5.74, 6) is 0.771. The molecule has 1 amide bonds. The summed E-state index contributed by atoms with van der Waals surface area (Å²) >= 11 is 0. The third-order valence-corrected chi connectivity index (χ3v) is 6.19. The highest BCUT2D eigenvalue weighted by Crippen LogP contribution is 2.22. The van der Waals surface area contributed by atoms with Gasteiger partial charge in [0.25, 0.3) is 5.91 Å². The van der Waals surface area contributed by atoms with Gasteiger partial charge in [-0.25, -0.2) is 4.68 Å². The van der Waals surface area contributed by atoms with Gasteiger partial charge in [0.1, 0.15) is 12.1 Å². The molecule has 162 valence electrons. The zero-order valence-corrected chi connectivity index (χ0v) is 17.8. The Bertz CT molecular complexity index is 786. The van der Waals surface area contributed by atoms with E-state index in [2.05, 4.69) is 25.3 Å². The van der Waals surface area contributed by atoms with Crippen molar-refractivity contribution in [1.82, 2.24) is 30.0 Å². The molecule has 1 aromatic carbocycles. The van der Waals surface area contributed by atoms with E-state index in [0.717, 1.165) is 44.7 Å². The smallest absolute Gasteiger partial charge is 0.263 e. The minimum Gasteiger partial charge on any atom is -0.481 e. The van der Waals surface area contributed by atoms with E-state index in [1.165, 1.54) is 32.1 Å². The first-order valence-electron chi connectivity index (χ1n) is 11.2. The Kier molecular flexibility index (Phi) is 6.94. The number of nitrogens with zero attached hydrogens (tertiary/aromatic N) is 6. The van der Waals surface area contributed by atoms with Crippen LogP contribution in [0.15, 0.2) is 30.6 Å². The van der Waals surface area contributed by atoms with Gasteiger partial charge in [0.05, 0.1) is 5.69 Å². The van der Waals surface area contributed by atoms with Crippen molar-refractivity contribution in [3.8, 4) is 11.4 Å². The zero-order valence-electron chi connectivity index (χ0n) is 17.8. The van der Waals surface area contributed by atoms with E-state index in [-0.39, 0.29) is 5.91 Å². The number of carbonyl (C=O) groups is 1. The summed E-state index contributed by atoms with van der Waals surface area (Å²) in [7, 11) is 0. The third kappa shape index (κ3) is 5.16. The van der Waals surface area contributed by atoms with Gasteiger partial charge in [0.2, 0.25) is 0 Å². The molecule has 0 N–H and O–H groups in total. The summed E-state index contributed by atoms with van der Waals surface area (Å²) in [5.41, 5.74) is 0.847. The van der Waals surface area contributed by atoms with Crippen LogP contribution in [0.2, 0.25) is 0 Å². The molecule has 8 nitrogen and oxygen atoms in total. The molecule has 2 saturated heterocycles. The summed E-state index contributed by atoms with van der Waals surface area (Å²) in [6, 6.07) is 7.77. The standard InChI is InChI=1S/C22H32N6O2/c1-18(30-21-11-9-19(10-12-21)28-17-23-24-25-28)22(29)27-15-7-4-8-20(27)16-26-13-5-2-3-6-14-26/h9-12,17-18,20H,2-8,13-16H2,1H3/t18-,20-/m0/s1. The van der Waals surface area contributed by atoms with Gasteiger partial charge in [-0.3, -0.25) is 4.79 Å². The number of carbonyl (C=O) groups excluding carboxylic acids is 1. The summed E-state index contributed by atoms with van der Waals surface area (Å²) in [5, 5.41) is 11.2. The highest BCUT2D eigenvalue weighted by Gasteiger charge is 2.31. The van der Waals surface area contributed by atoms with Crippen molar-refractivity contribution in [2.24, 2.45) is 0 Å². The van der Waals surface area contributed by atoms with E-state index in [1.54, 1.807) is 11.0 Å². The number of aromatic nitrogens is 4. The average Bonchev–Trinajstić information content (AvgIpc) is 3.19. The van der Waals surface area contributed by atoms with Crippen molar-refractivity contribution in [2.45, 2.75) is 64.0 Å². The number of benzene rings is 1. The Morgan fingerprint density at radius 3 is 2.50 bits per heavy atom. The molecule has 0 spiro atoms. The summed E-state index contributed by atoms with van der Waals surface area (Å²) in [4.78, 5) is 17.9. The van der Waals surface area contributed by atoms with E-state index < -0.39 is 6.10 Å². The number of piperidine rings is 1. The molecule has 0 unspecified atom stereocenters. The lowest BCUT2D eigenvalue weighted by molar-refractivity contribution is -0.142. The van der Waals surface area contributed by atoms with Crippen molar-refractivity contribution in [3.63, 3.8) is 0 Å². The lowest BCUT2D eigenvalue weighted by atomic mass is 10.0. The Hall–Kier alpha value is -2.48. The molecule has 30 heavy (non-hydrogen) atoms. The van der Waals surface area contributed by atoms with Crippen LogP contribution in [-0.4, -0.2) is 74.2 Å². The normalized spacial score (nSPS) is 21.8. The molecule has 2 fully saturated rings. The Balaban J connectivity index is 1.36. The number of ether oxygens (including phenoxy) is 1. The second-order valence-corrected chi connectivity index (χ2v) is 8.40. The average molecular weight is 413 g/mol. The highest BCUT2D eigenvalue weighted by atomic mass is 16.5. The third-order valence-electron chi connectivity index (χ3n) is 6.19. The molecule has 3 heterocycles. The first-order valence-corrected chi connectivity index (χ1v) is 11.2. The van der Waals surface area contributed by atoms with Crippen molar-refractivity contribution < 1.29 is 9.53 Å². The van der Waals surface area contributed by atoms with Crippen LogP contribution in [0.4, 0.5) is 0 Å². The maximum atomic E-state index is 13.2. The van der Waals surface area contributed by atoms with Crippen molar-refractivity contribution >= 4 is 5.91 Å². The number of hydrogen-bond acceptors (Lipinski definition) is 6. The van der Waals surface area contributed by atoms with E-state index in [9.17, 15) is 4.79 Å². The topological polar surface area (TPSA) is 76.4 Å². The fourth-order valence-corrected chi connectivity index (χ4v) is 4.54. The first-order chi connectivity index (χ1) is 14.7. The van der Waals surface area contributed by atoms with E-state index >= 15 is 0 Å². The Morgan fingerprint density at radius 1 is 1.07 bits per heavy atom. The van der Waals surface area contributed by atoms with Crippen LogP contribution in [0.25, 0.3) is 5.69 Å². The fraction of sp³-hybridized carbons (Fsp3) is 0.636. The Labute approximate surface area is 178 Å². The zero-order chi connectivity index (χ0) is 20.8. The first kappa shape index (κ1) is 20.8. The van der Waals surface area contributed by atoms with Crippen LogP contribution in [-0.2, 0) is 4.79 Å². The molecular formula is C22H32N6O2. The SMILES string of the molecule is C[C@H](Oc1ccc(-n2cnnn2)cc1)C(=O)N1CCCC[C@H]1CN1CCCCCC1. The quantitative estimate of drug-likeness (QED) is 0.726. The van der Waals surface area contributed by atoms with Gasteiger partial charge in [-0.1, -0.05) is 12.8 Å². The molecule has 8 heteroatoms. The van der Waals surface area contributed by atoms with Gasteiger partial charge in [-0.2, -0.15) is 0 Å². The maximum Gasteiger partial charge on any atom is 0.263 e. The van der Waals surface area contributed by atoms with Crippen LogP contribution < -0.4 is 4.74 Å². The van der Waals surface area contributed by atoms with E-state index in [4.69, 9.17) is 4.74 Å². The van der Waals surface area contributed by atoms with Crippen LogP contribution >= 0.6 is 0 Å². The number of amides is 1. The van der Waals surface area contributed by atoms with Gasteiger partial charge >= 0.3 is 0 Å². The molecule has 0 radical (unpaired) electrons. The van der Waals surface area contributed by atoms with Gasteiger partial charge in [0, 0.05) is 19.1 Å². The fourth-order valence-electron chi connectivity index (χ4n) is 4.54. The molecular weight excluding hydrogens is 380 g/mol. The van der Waals surface area contributed by atoms with Crippen LogP contribution in [0.3, 0.4) is 0 Å². The number of tetrazole rings is 1.